The minimum Gasteiger partial charge on any atom is -0.379 e. The van der Waals surface area contributed by atoms with Crippen LogP contribution in [0.1, 0.15) is 35.6 Å². The molecular formula is C24H32N2O4S. The summed E-state index contributed by atoms with van der Waals surface area (Å²) in [6.07, 6.45) is 1.73. The Kier molecular flexibility index (Phi) is 7.86. The summed E-state index contributed by atoms with van der Waals surface area (Å²) >= 11 is 0. The second-order valence-electron chi connectivity index (χ2n) is 8.26. The van der Waals surface area contributed by atoms with E-state index < -0.39 is 10.0 Å². The molecule has 1 fully saturated rings. The normalized spacial score (nSPS) is 16.1. The first-order chi connectivity index (χ1) is 14.8. The van der Waals surface area contributed by atoms with E-state index in [0.29, 0.717) is 39.1 Å². The highest BCUT2D eigenvalue weighted by Crippen LogP contribution is 2.18. The largest absolute Gasteiger partial charge is 0.379 e. The summed E-state index contributed by atoms with van der Waals surface area (Å²) in [6.45, 7) is 7.80. The molecule has 1 amide bonds. The summed E-state index contributed by atoms with van der Waals surface area (Å²) in [5.41, 5.74) is 4.67. The Morgan fingerprint density at radius 2 is 1.77 bits per heavy atom. The van der Waals surface area contributed by atoms with Crippen molar-refractivity contribution in [3.05, 3.63) is 64.7 Å². The van der Waals surface area contributed by atoms with Gasteiger partial charge in [-0.3, -0.25) is 4.79 Å². The predicted molar refractivity (Wildman–Crippen MR) is 122 cm³/mol. The lowest BCUT2D eigenvalue weighted by atomic mass is 10.00. The lowest BCUT2D eigenvalue weighted by Crippen LogP contribution is -2.40. The van der Waals surface area contributed by atoms with Crippen molar-refractivity contribution in [1.29, 1.82) is 0 Å². The third-order valence-corrected chi connectivity index (χ3v) is 7.52. The summed E-state index contributed by atoms with van der Waals surface area (Å²) in [5, 5.41) is 3.07. The van der Waals surface area contributed by atoms with E-state index in [9.17, 15) is 13.2 Å². The first-order valence-corrected chi connectivity index (χ1v) is 12.2. The maximum atomic E-state index is 12.7. The van der Waals surface area contributed by atoms with Gasteiger partial charge in [-0.2, -0.15) is 4.31 Å². The van der Waals surface area contributed by atoms with Crippen LogP contribution in [0.25, 0.3) is 0 Å². The van der Waals surface area contributed by atoms with Crippen LogP contribution in [0.15, 0.2) is 47.4 Å². The van der Waals surface area contributed by atoms with Gasteiger partial charge < -0.3 is 10.1 Å². The van der Waals surface area contributed by atoms with Crippen molar-refractivity contribution < 1.29 is 17.9 Å². The quantitative estimate of drug-likeness (QED) is 0.679. The zero-order valence-electron chi connectivity index (χ0n) is 18.6. The van der Waals surface area contributed by atoms with Crippen LogP contribution >= 0.6 is 0 Å². The second kappa shape index (κ2) is 10.4. The maximum Gasteiger partial charge on any atom is 0.243 e. The molecule has 1 aliphatic heterocycles. The van der Waals surface area contributed by atoms with E-state index in [1.807, 2.05) is 6.92 Å². The van der Waals surface area contributed by atoms with Gasteiger partial charge in [-0.15, -0.1) is 0 Å². The van der Waals surface area contributed by atoms with E-state index in [1.165, 1.54) is 21.0 Å². The Labute approximate surface area is 185 Å². The smallest absolute Gasteiger partial charge is 0.243 e. The molecule has 0 radical (unpaired) electrons. The molecule has 2 aromatic rings. The molecule has 0 aromatic heterocycles. The monoisotopic (exact) mass is 444 g/mol. The number of morpholine rings is 1. The zero-order chi connectivity index (χ0) is 22.4. The molecule has 1 N–H and O–H groups in total. The van der Waals surface area contributed by atoms with Gasteiger partial charge in [-0.1, -0.05) is 35.9 Å². The number of sulfonamides is 1. The fraction of sp³-hybridized carbons (Fsp3) is 0.458. The van der Waals surface area contributed by atoms with Gasteiger partial charge in [0.05, 0.1) is 18.1 Å². The van der Waals surface area contributed by atoms with Crippen LogP contribution < -0.4 is 5.32 Å². The van der Waals surface area contributed by atoms with Gasteiger partial charge in [0.1, 0.15) is 0 Å². The standard InChI is InChI=1S/C24H32N2O4S/c1-18-4-8-22(19(2)16-18)17-20(3)25-24(27)11-7-21-5-9-23(10-6-21)31(28,29)26-12-14-30-15-13-26/h4-6,8-10,16,20H,7,11-15,17H2,1-3H3,(H,25,27). The van der Waals surface area contributed by atoms with Crippen LogP contribution in [-0.4, -0.2) is 51.0 Å². The zero-order valence-corrected chi connectivity index (χ0v) is 19.4. The summed E-state index contributed by atoms with van der Waals surface area (Å²) in [7, 11) is -3.49. The molecule has 1 unspecified atom stereocenters. The average Bonchev–Trinajstić information content (AvgIpc) is 2.75. The van der Waals surface area contributed by atoms with Gasteiger partial charge in [0.2, 0.25) is 15.9 Å². The highest BCUT2D eigenvalue weighted by Gasteiger charge is 2.26. The minimum atomic E-state index is -3.49. The van der Waals surface area contributed by atoms with Crippen LogP contribution in [0.5, 0.6) is 0 Å². The summed E-state index contributed by atoms with van der Waals surface area (Å²) in [5.74, 6) is 0.00211. The van der Waals surface area contributed by atoms with E-state index in [0.717, 1.165) is 12.0 Å². The number of aryl methyl sites for hydroxylation is 3. The number of benzene rings is 2. The third-order valence-electron chi connectivity index (χ3n) is 5.60. The highest BCUT2D eigenvalue weighted by atomic mass is 32.2. The number of hydrogen-bond donors (Lipinski definition) is 1. The number of nitrogens with one attached hydrogen (secondary N) is 1. The van der Waals surface area contributed by atoms with Gasteiger partial charge in [-0.05, 0) is 62.4 Å². The molecular weight excluding hydrogens is 412 g/mol. The molecule has 31 heavy (non-hydrogen) atoms. The lowest BCUT2D eigenvalue weighted by Gasteiger charge is -2.26. The molecule has 1 saturated heterocycles. The van der Waals surface area contributed by atoms with Crippen molar-refractivity contribution in [2.24, 2.45) is 0 Å². The predicted octanol–water partition coefficient (Wildman–Crippen LogP) is 3.00. The highest BCUT2D eigenvalue weighted by molar-refractivity contribution is 7.89. The van der Waals surface area contributed by atoms with Gasteiger partial charge in [0.25, 0.3) is 0 Å². The van der Waals surface area contributed by atoms with Crippen molar-refractivity contribution in [1.82, 2.24) is 9.62 Å². The second-order valence-corrected chi connectivity index (χ2v) is 10.2. The molecule has 1 heterocycles. The molecule has 1 atom stereocenters. The minimum absolute atomic E-state index is 0.00211. The number of hydrogen-bond acceptors (Lipinski definition) is 4. The van der Waals surface area contributed by atoms with E-state index in [1.54, 1.807) is 24.3 Å². The summed E-state index contributed by atoms with van der Waals surface area (Å²) in [4.78, 5) is 12.6. The van der Waals surface area contributed by atoms with E-state index in [-0.39, 0.29) is 16.8 Å². The van der Waals surface area contributed by atoms with Crippen LogP contribution in [0, 0.1) is 13.8 Å². The van der Waals surface area contributed by atoms with Crippen molar-refractivity contribution in [2.75, 3.05) is 26.3 Å². The topological polar surface area (TPSA) is 75.7 Å². The fourth-order valence-corrected chi connectivity index (χ4v) is 5.23. The van der Waals surface area contributed by atoms with Crippen LogP contribution in [0.4, 0.5) is 0 Å². The molecule has 3 rings (SSSR count). The molecule has 2 aromatic carbocycles. The third kappa shape index (κ3) is 6.38. The molecule has 0 saturated carbocycles. The molecule has 0 spiro atoms. The Balaban J connectivity index is 1.49. The summed E-state index contributed by atoms with van der Waals surface area (Å²) < 4.78 is 32.1. The van der Waals surface area contributed by atoms with E-state index in [2.05, 4.69) is 37.4 Å². The van der Waals surface area contributed by atoms with Crippen molar-refractivity contribution in [3.8, 4) is 0 Å². The van der Waals surface area contributed by atoms with Gasteiger partial charge in [0, 0.05) is 25.6 Å². The number of nitrogens with zero attached hydrogens (tertiary/aromatic N) is 1. The molecule has 168 valence electrons. The SMILES string of the molecule is Cc1ccc(CC(C)NC(=O)CCc2ccc(S(=O)(=O)N3CCOCC3)cc2)c(C)c1. The molecule has 0 aliphatic carbocycles. The van der Waals surface area contributed by atoms with Crippen molar-refractivity contribution in [2.45, 2.75) is 51.0 Å². The van der Waals surface area contributed by atoms with Crippen LogP contribution in [0.3, 0.4) is 0 Å². The number of carbonyl (C=O) groups is 1. The van der Waals surface area contributed by atoms with Gasteiger partial charge in [0.15, 0.2) is 0 Å². The van der Waals surface area contributed by atoms with Crippen molar-refractivity contribution in [3.63, 3.8) is 0 Å². The molecule has 1 aliphatic rings. The Hall–Kier alpha value is -2.22. The number of amides is 1. The van der Waals surface area contributed by atoms with Crippen LogP contribution in [0.2, 0.25) is 0 Å². The Morgan fingerprint density at radius 1 is 1.10 bits per heavy atom. The van der Waals surface area contributed by atoms with Crippen LogP contribution in [-0.2, 0) is 32.4 Å². The number of rotatable bonds is 8. The number of carbonyl (C=O) groups excluding carboxylic acids is 1. The summed E-state index contributed by atoms with van der Waals surface area (Å²) in [6, 6.07) is 13.3. The molecule has 7 heteroatoms. The Morgan fingerprint density at radius 3 is 2.42 bits per heavy atom. The Bertz CT molecular complexity index is 997. The number of ether oxygens (including phenoxy) is 1. The van der Waals surface area contributed by atoms with Gasteiger partial charge >= 0.3 is 0 Å². The van der Waals surface area contributed by atoms with Crippen molar-refractivity contribution >= 4 is 15.9 Å². The fourth-order valence-electron chi connectivity index (χ4n) is 3.82. The molecule has 0 bridgehead atoms. The van der Waals surface area contributed by atoms with E-state index in [4.69, 9.17) is 4.74 Å². The maximum absolute atomic E-state index is 12.7. The molecule has 6 nitrogen and oxygen atoms in total. The average molecular weight is 445 g/mol. The first-order valence-electron chi connectivity index (χ1n) is 10.8. The lowest BCUT2D eigenvalue weighted by molar-refractivity contribution is -0.121. The van der Waals surface area contributed by atoms with Gasteiger partial charge in [-0.25, -0.2) is 8.42 Å². The first kappa shape index (κ1) is 23.4. The van der Waals surface area contributed by atoms with E-state index >= 15 is 0 Å².